The normalized spacial score (nSPS) is 10.9. The van der Waals surface area contributed by atoms with Crippen molar-refractivity contribution in [3.05, 3.63) is 52.8 Å². The van der Waals surface area contributed by atoms with Crippen molar-refractivity contribution in [3.63, 3.8) is 0 Å². The van der Waals surface area contributed by atoms with E-state index >= 15 is 0 Å². The Morgan fingerprint density at radius 2 is 2.05 bits per heavy atom. The lowest BCUT2D eigenvalue weighted by Gasteiger charge is -2.04. The van der Waals surface area contributed by atoms with Crippen molar-refractivity contribution in [2.45, 2.75) is 6.92 Å². The maximum Gasteiger partial charge on any atom is 0.137 e. The lowest BCUT2D eigenvalue weighted by molar-refractivity contribution is 0.412. The van der Waals surface area contributed by atoms with Crippen molar-refractivity contribution in [1.82, 2.24) is 9.38 Å². The highest BCUT2D eigenvalue weighted by Crippen LogP contribution is 2.30. The smallest absolute Gasteiger partial charge is 0.137 e. The molecule has 0 bridgehead atoms. The first-order valence-corrected chi connectivity index (χ1v) is 6.77. The summed E-state index contributed by atoms with van der Waals surface area (Å²) in [7, 11) is 1.66. The first kappa shape index (κ1) is 12.2. The Kier molecular flexibility index (Phi) is 3.03. The second kappa shape index (κ2) is 4.70. The SMILES string of the molecule is COc1ccc(-c2cn3c(C)cccc3n2)cc1Br. The van der Waals surface area contributed by atoms with Crippen LogP contribution in [0, 0.1) is 6.92 Å². The van der Waals surface area contributed by atoms with Gasteiger partial charge in [0, 0.05) is 17.5 Å². The third-order valence-electron chi connectivity index (χ3n) is 3.14. The van der Waals surface area contributed by atoms with Crippen LogP contribution in [0.5, 0.6) is 5.75 Å². The van der Waals surface area contributed by atoms with Gasteiger partial charge >= 0.3 is 0 Å². The van der Waals surface area contributed by atoms with Gasteiger partial charge in [0.2, 0.25) is 0 Å². The number of ether oxygens (including phenoxy) is 1. The Morgan fingerprint density at radius 1 is 1.21 bits per heavy atom. The van der Waals surface area contributed by atoms with Gasteiger partial charge in [0.05, 0.1) is 17.3 Å². The lowest BCUT2D eigenvalue weighted by Crippen LogP contribution is -1.86. The number of nitrogens with zero attached hydrogens (tertiary/aromatic N) is 2. The van der Waals surface area contributed by atoms with Gasteiger partial charge in [0.1, 0.15) is 11.4 Å². The maximum absolute atomic E-state index is 5.24. The van der Waals surface area contributed by atoms with Crippen LogP contribution in [0.1, 0.15) is 5.69 Å². The van der Waals surface area contributed by atoms with Crippen LogP contribution < -0.4 is 4.74 Å². The molecule has 0 amide bonds. The number of aromatic nitrogens is 2. The summed E-state index contributed by atoms with van der Waals surface area (Å²) in [6.07, 6.45) is 2.05. The fraction of sp³-hybridized carbons (Fsp3) is 0.133. The van der Waals surface area contributed by atoms with E-state index in [1.54, 1.807) is 7.11 Å². The van der Waals surface area contributed by atoms with Crippen molar-refractivity contribution in [2.75, 3.05) is 7.11 Å². The van der Waals surface area contributed by atoms with Gasteiger partial charge in [0.25, 0.3) is 0 Å². The summed E-state index contributed by atoms with van der Waals surface area (Å²) in [6.45, 7) is 2.07. The second-order valence-electron chi connectivity index (χ2n) is 4.37. The van der Waals surface area contributed by atoms with E-state index in [0.29, 0.717) is 0 Å². The standard InChI is InChI=1S/C15H13BrN2O/c1-10-4-3-5-15-17-13(9-18(10)15)11-6-7-14(19-2)12(16)8-11/h3-9H,1-2H3. The second-order valence-corrected chi connectivity index (χ2v) is 5.23. The first-order chi connectivity index (χ1) is 9.19. The summed E-state index contributed by atoms with van der Waals surface area (Å²) in [5.74, 6) is 0.823. The zero-order chi connectivity index (χ0) is 13.4. The molecule has 0 saturated heterocycles. The number of fused-ring (bicyclic) bond motifs is 1. The van der Waals surface area contributed by atoms with E-state index in [-0.39, 0.29) is 0 Å². The van der Waals surface area contributed by atoms with Crippen molar-refractivity contribution < 1.29 is 4.74 Å². The molecule has 0 atom stereocenters. The zero-order valence-electron chi connectivity index (χ0n) is 10.7. The van der Waals surface area contributed by atoms with Crippen LogP contribution in [-0.4, -0.2) is 16.5 Å². The van der Waals surface area contributed by atoms with Crippen LogP contribution >= 0.6 is 15.9 Å². The average Bonchev–Trinajstić information content (AvgIpc) is 2.84. The van der Waals surface area contributed by atoms with E-state index < -0.39 is 0 Å². The number of hydrogen-bond donors (Lipinski definition) is 0. The predicted molar refractivity (Wildman–Crippen MR) is 79.6 cm³/mol. The number of aryl methyl sites for hydroxylation is 1. The molecule has 2 aromatic heterocycles. The Balaban J connectivity index is 2.14. The Morgan fingerprint density at radius 3 is 2.74 bits per heavy atom. The molecule has 2 heterocycles. The molecule has 0 unspecified atom stereocenters. The van der Waals surface area contributed by atoms with E-state index in [1.165, 1.54) is 5.69 Å². The van der Waals surface area contributed by atoms with Gasteiger partial charge < -0.3 is 9.14 Å². The van der Waals surface area contributed by atoms with Crippen LogP contribution in [0.15, 0.2) is 47.1 Å². The van der Waals surface area contributed by atoms with Gasteiger partial charge in [-0.1, -0.05) is 6.07 Å². The van der Waals surface area contributed by atoms with E-state index in [4.69, 9.17) is 4.74 Å². The highest BCUT2D eigenvalue weighted by atomic mass is 79.9. The van der Waals surface area contributed by atoms with E-state index in [2.05, 4.69) is 44.5 Å². The number of hydrogen-bond acceptors (Lipinski definition) is 2. The minimum absolute atomic E-state index is 0.823. The van der Waals surface area contributed by atoms with Gasteiger partial charge in [-0.15, -0.1) is 0 Å². The fourth-order valence-corrected chi connectivity index (χ4v) is 2.65. The van der Waals surface area contributed by atoms with Crippen molar-refractivity contribution in [1.29, 1.82) is 0 Å². The lowest BCUT2D eigenvalue weighted by atomic mass is 10.1. The average molecular weight is 317 g/mol. The van der Waals surface area contributed by atoms with Gasteiger partial charge in [0.15, 0.2) is 0 Å². The highest BCUT2D eigenvalue weighted by molar-refractivity contribution is 9.10. The summed E-state index contributed by atoms with van der Waals surface area (Å²) in [6, 6.07) is 12.1. The molecule has 1 aromatic carbocycles. The molecule has 0 aliphatic carbocycles. The summed E-state index contributed by atoms with van der Waals surface area (Å²) in [5, 5.41) is 0. The number of halogens is 1. The Hall–Kier alpha value is -1.81. The third-order valence-corrected chi connectivity index (χ3v) is 3.76. The number of imidazole rings is 1. The summed E-state index contributed by atoms with van der Waals surface area (Å²) >= 11 is 3.50. The summed E-state index contributed by atoms with van der Waals surface area (Å²) in [5.41, 5.74) is 4.15. The Bertz CT molecular complexity index is 749. The quantitative estimate of drug-likeness (QED) is 0.712. The number of rotatable bonds is 2. The monoisotopic (exact) mass is 316 g/mol. The van der Waals surface area contributed by atoms with Crippen LogP contribution in [0.25, 0.3) is 16.9 Å². The number of benzene rings is 1. The van der Waals surface area contributed by atoms with Crippen molar-refractivity contribution in [3.8, 4) is 17.0 Å². The third kappa shape index (κ3) is 2.12. The zero-order valence-corrected chi connectivity index (χ0v) is 12.3. The van der Waals surface area contributed by atoms with Crippen molar-refractivity contribution >= 4 is 21.6 Å². The van der Waals surface area contributed by atoms with Gasteiger partial charge in [-0.25, -0.2) is 4.98 Å². The molecule has 96 valence electrons. The van der Waals surface area contributed by atoms with Crippen molar-refractivity contribution in [2.24, 2.45) is 0 Å². The molecule has 0 aliphatic heterocycles. The molecule has 3 rings (SSSR count). The minimum Gasteiger partial charge on any atom is -0.496 e. The highest BCUT2D eigenvalue weighted by Gasteiger charge is 2.08. The largest absolute Gasteiger partial charge is 0.496 e. The van der Waals surface area contributed by atoms with Gasteiger partial charge in [-0.3, -0.25) is 0 Å². The van der Waals surface area contributed by atoms with E-state index in [9.17, 15) is 0 Å². The minimum atomic E-state index is 0.823. The molecule has 3 nitrogen and oxygen atoms in total. The van der Waals surface area contributed by atoms with E-state index in [1.807, 2.05) is 30.3 Å². The van der Waals surface area contributed by atoms with E-state index in [0.717, 1.165) is 27.1 Å². The van der Waals surface area contributed by atoms with Crippen LogP contribution in [0.2, 0.25) is 0 Å². The molecule has 4 heteroatoms. The molecule has 0 radical (unpaired) electrons. The van der Waals surface area contributed by atoms with Crippen LogP contribution in [0.4, 0.5) is 0 Å². The number of pyridine rings is 1. The van der Waals surface area contributed by atoms with Crippen LogP contribution in [-0.2, 0) is 0 Å². The molecule has 3 aromatic rings. The van der Waals surface area contributed by atoms with Gasteiger partial charge in [-0.05, 0) is 53.2 Å². The Labute approximate surface area is 120 Å². The molecule has 0 fully saturated rings. The van der Waals surface area contributed by atoms with Crippen LogP contribution in [0.3, 0.4) is 0 Å². The molecular weight excluding hydrogens is 304 g/mol. The number of methoxy groups -OCH3 is 1. The topological polar surface area (TPSA) is 26.5 Å². The summed E-state index contributed by atoms with van der Waals surface area (Å²) < 4.78 is 8.26. The van der Waals surface area contributed by atoms with Gasteiger partial charge in [-0.2, -0.15) is 0 Å². The first-order valence-electron chi connectivity index (χ1n) is 5.97. The molecule has 0 aliphatic rings. The maximum atomic E-state index is 5.24. The molecule has 0 spiro atoms. The molecule has 19 heavy (non-hydrogen) atoms. The molecule has 0 saturated carbocycles. The predicted octanol–water partition coefficient (Wildman–Crippen LogP) is 4.08. The molecular formula is C15H13BrN2O. The molecule has 0 N–H and O–H groups in total. The fourth-order valence-electron chi connectivity index (χ4n) is 2.11. The summed E-state index contributed by atoms with van der Waals surface area (Å²) in [4.78, 5) is 4.64.